The van der Waals surface area contributed by atoms with Gasteiger partial charge in [0.15, 0.2) is 0 Å². The van der Waals surface area contributed by atoms with E-state index in [1.807, 2.05) is 6.92 Å². The number of nitrogens with one attached hydrogen (secondary N) is 1. The van der Waals surface area contributed by atoms with Crippen LogP contribution in [0.25, 0.3) is 0 Å². The summed E-state index contributed by atoms with van der Waals surface area (Å²) in [5.74, 6) is -1.38. The second-order valence-corrected chi connectivity index (χ2v) is 8.86. The predicted octanol–water partition coefficient (Wildman–Crippen LogP) is 6.64. The molecular weight excluding hydrogens is 486 g/mol. The minimum absolute atomic E-state index is 0.0464. The smallest absolute Gasteiger partial charge is 0.272 e. The number of halogens is 3. The van der Waals surface area contributed by atoms with Crippen molar-refractivity contribution in [1.29, 1.82) is 0 Å². The van der Waals surface area contributed by atoms with Gasteiger partial charge in [-0.2, -0.15) is 0 Å². The number of anilines is 1. The van der Waals surface area contributed by atoms with Gasteiger partial charge in [0.2, 0.25) is 11.8 Å². The molecule has 2 aromatic heterocycles. The Kier molecular flexibility index (Phi) is 11.4. The maximum absolute atomic E-state index is 13.4. The Labute approximate surface area is 217 Å². The molecule has 1 atom stereocenters. The molecular formula is C26H35ClF2N6O. The van der Waals surface area contributed by atoms with E-state index in [1.54, 1.807) is 19.1 Å². The number of hydrogen-bond donors (Lipinski definition) is 1. The van der Waals surface area contributed by atoms with Gasteiger partial charge in [-0.1, -0.05) is 50.6 Å². The highest BCUT2D eigenvalue weighted by molar-refractivity contribution is 6.46. The molecule has 0 saturated carbocycles. The summed E-state index contributed by atoms with van der Waals surface area (Å²) in [7, 11) is 0. The van der Waals surface area contributed by atoms with E-state index in [1.165, 1.54) is 24.9 Å². The first-order valence-electron chi connectivity index (χ1n) is 12.0. The monoisotopic (exact) mass is 520 g/mol. The Morgan fingerprint density at radius 1 is 1.36 bits per heavy atom. The van der Waals surface area contributed by atoms with Crippen LogP contribution in [0.3, 0.4) is 0 Å². The molecule has 1 aliphatic rings. The normalized spacial score (nSPS) is 16.1. The van der Waals surface area contributed by atoms with Crippen LogP contribution in [0.1, 0.15) is 57.9 Å². The zero-order valence-electron chi connectivity index (χ0n) is 21.6. The SMILES string of the molecule is C=CN=C(C1=CCN(C(C)Nc2ccc(C(C)(F)F)cn2)CC1)/C(Cl)=C\Cc1nnc(C)o1.CCC. The minimum atomic E-state index is -2.91. The van der Waals surface area contributed by atoms with Crippen molar-refractivity contribution in [2.75, 3.05) is 18.4 Å². The van der Waals surface area contributed by atoms with Crippen LogP contribution in [0.4, 0.5) is 14.6 Å². The number of pyridine rings is 1. The van der Waals surface area contributed by atoms with Crippen molar-refractivity contribution in [3.05, 3.63) is 71.2 Å². The first-order valence-corrected chi connectivity index (χ1v) is 12.3. The maximum Gasteiger partial charge on any atom is 0.272 e. The van der Waals surface area contributed by atoms with Crippen molar-refractivity contribution in [1.82, 2.24) is 20.1 Å². The van der Waals surface area contributed by atoms with E-state index in [0.29, 0.717) is 41.3 Å². The first kappa shape index (κ1) is 29.3. The van der Waals surface area contributed by atoms with E-state index in [2.05, 4.69) is 56.9 Å². The summed E-state index contributed by atoms with van der Waals surface area (Å²) >= 11 is 6.53. The quantitative estimate of drug-likeness (QED) is 0.373. The molecule has 1 N–H and O–H groups in total. The Balaban J connectivity index is 0.00000145. The van der Waals surface area contributed by atoms with E-state index in [0.717, 1.165) is 25.5 Å². The molecule has 196 valence electrons. The van der Waals surface area contributed by atoms with Crippen molar-refractivity contribution in [2.45, 2.75) is 66.0 Å². The molecule has 7 nitrogen and oxygen atoms in total. The Hall–Kier alpha value is -2.91. The predicted molar refractivity (Wildman–Crippen MR) is 141 cm³/mol. The summed E-state index contributed by atoms with van der Waals surface area (Å²) in [6.45, 7) is 14.0. The number of aromatic nitrogens is 3. The molecule has 10 heteroatoms. The number of alkyl halides is 2. The van der Waals surface area contributed by atoms with Crippen LogP contribution in [0.15, 0.2) is 63.3 Å². The second kappa shape index (κ2) is 14.0. The van der Waals surface area contributed by atoms with E-state index in [-0.39, 0.29) is 11.7 Å². The third kappa shape index (κ3) is 8.95. The molecule has 1 aliphatic heterocycles. The van der Waals surface area contributed by atoms with Gasteiger partial charge in [0.1, 0.15) is 5.82 Å². The Bertz CT molecular complexity index is 1070. The van der Waals surface area contributed by atoms with Crippen LogP contribution in [0.5, 0.6) is 0 Å². The number of rotatable bonds is 9. The number of hydrogen-bond acceptors (Lipinski definition) is 7. The molecule has 36 heavy (non-hydrogen) atoms. The number of allylic oxidation sites excluding steroid dienone is 2. The highest BCUT2D eigenvalue weighted by atomic mass is 35.5. The van der Waals surface area contributed by atoms with Gasteiger partial charge in [-0.3, -0.25) is 9.89 Å². The van der Waals surface area contributed by atoms with Crippen LogP contribution in [0.2, 0.25) is 0 Å². The fraction of sp³-hybridized carbons (Fsp3) is 0.462. The molecule has 0 spiro atoms. The van der Waals surface area contributed by atoms with Crippen LogP contribution in [0, 0.1) is 6.92 Å². The van der Waals surface area contributed by atoms with E-state index in [4.69, 9.17) is 16.0 Å². The van der Waals surface area contributed by atoms with Gasteiger partial charge < -0.3 is 9.73 Å². The van der Waals surface area contributed by atoms with Gasteiger partial charge in [0, 0.05) is 51.3 Å². The van der Waals surface area contributed by atoms with E-state index in [9.17, 15) is 8.78 Å². The average molecular weight is 521 g/mol. The van der Waals surface area contributed by atoms with Gasteiger partial charge in [0.05, 0.1) is 16.9 Å². The van der Waals surface area contributed by atoms with Crippen molar-refractivity contribution < 1.29 is 13.2 Å². The summed E-state index contributed by atoms with van der Waals surface area (Å²) in [6.07, 6.45) is 8.88. The third-order valence-electron chi connectivity index (χ3n) is 5.19. The summed E-state index contributed by atoms with van der Waals surface area (Å²) < 4.78 is 32.1. The van der Waals surface area contributed by atoms with E-state index >= 15 is 0 Å². The Morgan fingerprint density at radius 2 is 2.08 bits per heavy atom. The molecule has 1 unspecified atom stereocenters. The second-order valence-electron chi connectivity index (χ2n) is 8.45. The third-order valence-corrected chi connectivity index (χ3v) is 5.52. The topological polar surface area (TPSA) is 79.4 Å². The molecule has 3 heterocycles. The molecule has 3 rings (SSSR count). The van der Waals surface area contributed by atoms with Gasteiger partial charge >= 0.3 is 0 Å². The fourth-order valence-electron chi connectivity index (χ4n) is 3.38. The highest BCUT2D eigenvalue weighted by Gasteiger charge is 2.25. The Morgan fingerprint density at radius 3 is 2.58 bits per heavy atom. The van der Waals surface area contributed by atoms with Gasteiger partial charge in [-0.05, 0) is 31.1 Å². The molecule has 0 amide bonds. The van der Waals surface area contributed by atoms with Gasteiger partial charge in [-0.15, -0.1) is 10.2 Å². The number of aryl methyl sites for hydroxylation is 1. The lowest BCUT2D eigenvalue weighted by Crippen LogP contribution is -2.42. The molecule has 0 aliphatic carbocycles. The lowest BCUT2D eigenvalue weighted by Gasteiger charge is -2.32. The highest BCUT2D eigenvalue weighted by Crippen LogP contribution is 2.27. The van der Waals surface area contributed by atoms with Crippen LogP contribution < -0.4 is 5.32 Å². The fourth-order valence-corrected chi connectivity index (χ4v) is 3.63. The summed E-state index contributed by atoms with van der Waals surface area (Å²) in [4.78, 5) is 10.7. The molecule has 0 saturated heterocycles. The average Bonchev–Trinajstić information content (AvgIpc) is 3.26. The molecule has 0 radical (unpaired) electrons. The van der Waals surface area contributed by atoms with E-state index < -0.39 is 5.92 Å². The van der Waals surface area contributed by atoms with Gasteiger partial charge in [0.25, 0.3) is 5.92 Å². The molecule has 0 aromatic carbocycles. The minimum Gasteiger partial charge on any atom is -0.425 e. The van der Waals surface area contributed by atoms with Crippen LogP contribution >= 0.6 is 11.6 Å². The van der Waals surface area contributed by atoms with Crippen LogP contribution in [-0.2, 0) is 12.3 Å². The number of aliphatic imine (C=N–C) groups is 1. The zero-order valence-corrected chi connectivity index (χ0v) is 22.3. The molecule has 2 aromatic rings. The lowest BCUT2D eigenvalue weighted by molar-refractivity contribution is 0.0171. The summed E-state index contributed by atoms with van der Waals surface area (Å²) in [5.41, 5.74) is 1.58. The van der Waals surface area contributed by atoms with Crippen molar-refractivity contribution in [3.63, 3.8) is 0 Å². The van der Waals surface area contributed by atoms with Gasteiger partial charge in [-0.25, -0.2) is 13.8 Å². The lowest BCUT2D eigenvalue weighted by atomic mass is 10.0. The standard InChI is InChI=1S/C23H27ClF2N6O.C3H8/c1-5-27-22(19(24)7-9-21-31-30-16(3)33-21)17-10-12-32(13-11-17)15(2)29-20-8-6-18(14-28-20)23(4,25)26;1-3-2/h5-8,10,14-15H,1,9,11-13H2,2-4H3,(H,28,29);3H2,1-2H3/b19-7+,27-22?;. The number of nitrogens with zero attached hydrogens (tertiary/aromatic N) is 5. The van der Waals surface area contributed by atoms with Crippen molar-refractivity contribution in [2.24, 2.45) is 4.99 Å². The maximum atomic E-state index is 13.4. The van der Waals surface area contributed by atoms with Crippen molar-refractivity contribution in [3.8, 4) is 0 Å². The molecule has 0 bridgehead atoms. The van der Waals surface area contributed by atoms with Crippen LogP contribution in [-0.4, -0.2) is 45.0 Å². The zero-order chi connectivity index (χ0) is 26.7. The van der Waals surface area contributed by atoms with Crippen molar-refractivity contribution >= 4 is 23.1 Å². The largest absolute Gasteiger partial charge is 0.425 e. The summed E-state index contributed by atoms with van der Waals surface area (Å²) in [5, 5.41) is 11.5. The summed E-state index contributed by atoms with van der Waals surface area (Å²) in [6, 6.07) is 2.96. The molecule has 0 fully saturated rings. The first-order chi connectivity index (χ1) is 17.1.